The lowest BCUT2D eigenvalue weighted by molar-refractivity contribution is -0.143. The summed E-state index contributed by atoms with van der Waals surface area (Å²) >= 11 is 5.96. The summed E-state index contributed by atoms with van der Waals surface area (Å²) < 4.78 is 24.6. The van der Waals surface area contributed by atoms with Crippen LogP contribution in [0.2, 0.25) is 5.02 Å². The van der Waals surface area contributed by atoms with E-state index in [1.54, 1.807) is 25.1 Å². The highest BCUT2D eigenvalue weighted by atomic mass is 35.5. The number of esters is 1. The molecule has 29 heavy (non-hydrogen) atoms. The van der Waals surface area contributed by atoms with Gasteiger partial charge in [-0.15, -0.1) is 0 Å². The lowest BCUT2D eigenvalue weighted by Crippen LogP contribution is -2.05. The molecule has 0 saturated heterocycles. The summed E-state index contributed by atoms with van der Waals surface area (Å²) in [6.45, 7) is 2.42. The van der Waals surface area contributed by atoms with Gasteiger partial charge in [0.15, 0.2) is 0 Å². The Morgan fingerprint density at radius 2 is 1.72 bits per heavy atom. The number of halogens is 2. The van der Waals surface area contributed by atoms with E-state index in [1.165, 1.54) is 12.1 Å². The Kier molecular flexibility index (Phi) is 7.25. The molecule has 3 rings (SSSR count). The summed E-state index contributed by atoms with van der Waals surface area (Å²) in [5.74, 6) is 0.167. The minimum Gasteiger partial charge on any atom is -0.489 e. The zero-order chi connectivity index (χ0) is 20.6. The number of hydrogen-bond donors (Lipinski definition) is 0. The second kappa shape index (κ2) is 10.1. The van der Waals surface area contributed by atoms with Gasteiger partial charge in [0.1, 0.15) is 18.2 Å². The number of rotatable bonds is 8. The number of benzene rings is 3. The molecule has 0 aliphatic heterocycles. The van der Waals surface area contributed by atoms with E-state index >= 15 is 0 Å². The zero-order valence-electron chi connectivity index (χ0n) is 16.2. The van der Waals surface area contributed by atoms with Gasteiger partial charge in [0.05, 0.1) is 6.61 Å². The first kappa shape index (κ1) is 20.9. The summed E-state index contributed by atoms with van der Waals surface area (Å²) in [5, 5.41) is 0.650. The molecule has 0 amide bonds. The molecule has 3 aromatic rings. The maximum absolute atomic E-state index is 13.8. The Balaban J connectivity index is 1.66. The molecule has 0 unspecified atom stereocenters. The molecule has 0 bridgehead atoms. The predicted molar refractivity (Wildman–Crippen MR) is 113 cm³/mol. The molecule has 0 spiro atoms. The minimum absolute atomic E-state index is 0.200. The normalized spacial score (nSPS) is 10.6. The van der Waals surface area contributed by atoms with Crippen molar-refractivity contribution in [1.29, 1.82) is 0 Å². The molecule has 0 fully saturated rings. The van der Waals surface area contributed by atoms with Crippen molar-refractivity contribution in [2.45, 2.75) is 26.4 Å². The highest BCUT2D eigenvalue weighted by molar-refractivity contribution is 6.30. The van der Waals surface area contributed by atoms with E-state index in [0.29, 0.717) is 30.2 Å². The van der Waals surface area contributed by atoms with Crippen LogP contribution in [0.5, 0.6) is 5.75 Å². The highest BCUT2D eigenvalue weighted by Crippen LogP contribution is 2.27. The van der Waals surface area contributed by atoms with E-state index in [2.05, 4.69) is 0 Å². The fourth-order valence-corrected chi connectivity index (χ4v) is 3.11. The van der Waals surface area contributed by atoms with Gasteiger partial charge in [-0.3, -0.25) is 4.79 Å². The molecule has 0 aliphatic carbocycles. The van der Waals surface area contributed by atoms with Gasteiger partial charge in [-0.05, 0) is 72.0 Å². The summed E-state index contributed by atoms with van der Waals surface area (Å²) in [4.78, 5) is 11.5. The first-order chi connectivity index (χ1) is 14.0. The molecule has 150 valence electrons. The third-order valence-electron chi connectivity index (χ3n) is 4.46. The maximum atomic E-state index is 13.8. The monoisotopic (exact) mass is 412 g/mol. The molecule has 0 aromatic heterocycles. The van der Waals surface area contributed by atoms with Gasteiger partial charge in [0.2, 0.25) is 0 Å². The highest BCUT2D eigenvalue weighted by Gasteiger charge is 2.09. The van der Waals surface area contributed by atoms with Crippen molar-refractivity contribution in [2.75, 3.05) is 6.61 Å². The van der Waals surface area contributed by atoms with Crippen LogP contribution in [-0.4, -0.2) is 12.6 Å². The fourth-order valence-electron chi connectivity index (χ4n) is 2.99. The van der Waals surface area contributed by atoms with Crippen LogP contribution in [0.15, 0.2) is 66.7 Å². The smallest absolute Gasteiger partial charge is 0.306 e. The van der Waals surface area contributed by atoms with E-state index in [-0.39, 0.29) is 18.4 Å². The molecule has 0 saturated carbocycles. The van der Waals surface area contributed by atoms with Crippen molar-refractivity contribution in [3.8, 4) is 16.9 Å². The summed E-state index contributed by atoms with van der Waals surface area (Å²) in [6.07, 6.45) is 0.964. The Labute approximate surface area is 175 Å². The topological polar surface area (TPSA) is 35.5 Å². The molecule has 0 N–H and O–H groups in total. The Morgan fingerprint density at radius 3 is 2.41 bits per heavy atom. The SMILES string of the molecule is CCOC(=O)CCc1ccc(OCc2cc(F)ccc2-c2ccc(Cl)cc2)cc1. The van der Waals surface area contributed by atoms with Crippen molar-refractivity contribution >= 4 is 17.6 Å². The molecule has 3 nitrogen and oxygen atoms in total. The first-order valence-corrected chi connectivity index (χ1v) is 9.84. The lowest BCUT2D eigenvalue weighted by atomic mass is 10.00. The number of carbonyl (C=O) groups excluding carboxylic acids is 1. The van der Waals surface area contributed by atoms with Crippen LogP contribution in [0.1, 0.15) is 24.5 Å². The summed E-state index contributed by atoms with van der Waals surface area (Å²) in [7, 11) is 0. The van der Waals surface area contributed by atoms with Crippen LogP contribution in [0.25, 0.3) is 11.1 Å². The average molecular weight is 413 g/mol. The maximum Gasteiger partial charge on any atom is 0.306 e. The average Bonchev–Trinajstić information content (AvgIpc) is 2.73. The molecule has 0 heterocycles. The second-order valence-corrected chi connectivity index (χ2v) is 6.98. The quantitative estimate of drug-likeness (QED) is 0.412. The van der Waals surface area contributed by atoms with Crippen LogP contribution in [0.3, 0.4) is 0 Å². The van der Waals surface area contributed by atoms with Crippen molar-refractivity contribution in [1.82, 2.24) is 0 Å². The van der Waals surface area contributed by atoms with Crippen molar-refractivity contribution in [3.63, 3.8) is 0 Å². The summed E-state index contributed by atoms with van der Waals surface area (Å²) in [5.41, 5.74) is 3.62. The number of hydrogen-bond acceptors (Lipinski definition) is 3. The largest absolute Gasteiger partial charge is 0.489 e. The van der Waals surface area contributed by atoms with Crippen molar-refractivity contribution in [3.05, 3.63) is 88.7 Å². The minimum atomic E-state index is -0.310. The van der Waals surface area contributed by atoms with E-state index < -0.39 is 0 Å². The third kappa shape index (κ3) is 6.06. The molecule has 5 heteroatoms. The Bertz CT molecular complexity index is 953. The molecule has 3 aromatic carbocycles. The van der Waals surface area contributed by atoms with Crippen LogP contribution < -0.4 is 4.74 Å². The van der Waals surface area contributed by atoms with Gasteiger partial charge in [0.25, 0.3) is 0 Å². The molecule has 0 atom stereocenters. The molecule has 0 aliphatic rings. The second-order valence-electron chi connectivity index (χ2n) is 6.55. The van der Waals surface area contributed by atoms with E-state index in [1.807, 2.05) is 36.4 Å². The first-order valence-electron chi connectivity index (χ1n) is 9.47. The van der Waals surface area contributed by atoms with E-state index in [0.717, 1.165) is 22.3 Å². The van der Waals surface area contributed by atoms with Gasteiger partial charge in [-0.1, -0.05) is 41.9 Å². The number of aryl methyl sites for hydroxylation is 1. The van der Waals surface area contributed by atoms with E-state index in [4.69, 9.17) is 21.1 Å². The van der Waals surface area contributed by atoms with Gasteiger partial charge in [0, 0.05) is 11.4 Å². The zero-order valence-corrected chi connectivity index (χ0v) is 16.9. The van der Waals surface area contributed by atoms with Crippen molar-refractivity contribution in [2.24, 2.45) is 0 Å². The number of carbonyl (C=O) groups is 1. The van der Waals surface area contributed by atoms with Gasteiger partial charge >= 0.3 is 5.97 Å². The lowest BCUT2D eigenvalue weighted by Gasteiger charge is -2.12. The molecule has 0 radical (unpaired) electrons. The van der Waals surface area contributed by atoms with Crippen LogP contribution in [0, 0.1) is 5.82 Å². The molecular formula is C24H22ClFO3. The predicted octanol–water partition coefficient (Wildman–Crippen LogP) is 6.22. The van der Waals surface area contributed by atoms with Crippen molar-refractivity contribution < 1.29 is 18.7 Å². The van der Waals surface area contributed by atoms with Gasteiger partial charge < -0.3 is 9.47 Å². The van der Waals surface area contributed by atoms with Crippen LogP contribution >= 0.6 is 11.6 Å². The van der Waals surface area contributed by atoms with Gasteiger partial charge in [-0.2, -0.15) is 0 Å². The summed E-state index contributed by atoms with van der Waals surface area (Å²) in [6, 6.07) is 19.6. The molecular weight excluding hydrogens is 391 g/mol. The Hall–Kier alpha value is -2.85. The Morgan fingerprint density at radius 1 is 1.00 bits per heavy atom. The van der Waals surface area contributed by atoms with Crippen LogP contribution in [-0.2, 0) is 22.6 Å². The fraction of sp³-hybridized carbons (Fsp3) is 0.208. The third-order valence-corrected chi connectivity index (χ3v) is 4.72. The van der Waals surface area contributed by atoms with Crippen LogP contribution in [0.4, 0.5) is 4.39 Å². The number of ether oxygens (including phenoxy) is 2. The van der Waals surface area contributed by atoms with Gasteiger partial charge in [-0.25, -0.2) is 4.39 Å². The standard InChI is InChI=1S/C24H22ClFO3/c1-2-28-24(27)14-5-17-3-11-22(12-4-17)29-16-19-15-21(26)10-13-23(19)18-6-8-20(25)9-7-18/h3-4,6-13,15H,2,5,14,16H2,1H3. The van der Waals surface area contributed by atoms with E-state index in [9.17, 15) is 9.18 Å².